The monoisotopic (exact) mass is 406 g/mol. The van der Waals surface area contributed by atoms with Crippen molar-refractivity contribution < 1.29 is 14.6 Å². The topological polar surface area (TPSA) is 75.8 Å². The van der Waals surface area contributed by atoms with Crippen molar-refractivity contribution in [1.82, 2.24) is 4.90 Å². The molecule has 7 heteroatoms. The second kappa shape index (κ2) is 7.64. The third-order valence-electron chi connectivity index (χ3n) is 6.14. The van der Waals surface area contributed by atoms with Gasteiger partial charge in [0.2, 0.25) is 5.60 Å². The molecule has 2 heterocycles. The van der Waals surface area contributed by atoms with Gasteiger partial charge < -0.3 is 20.5 Å². The van der Waals surface area contributed by atoms with Crippen LogP contribution in [0.15, 0.2) is 35.0 Å². The first-order valence-corrected chi connectivity index (χ1v) is 11.2. The summed E-state index contributed by atoms with van der Waals surface area (Å²) in [7, 11) is 2.10. The molecule has 2 aliphatic carbocycles. The van der Waals surface area contributed by atoms with E-state index < -0.39 is 11.6 Å². The number of esters is 1. The summed E-state index contributed by atoms with van der Waals surface area (Å²) >= 11 is 2.75. The number of hydrogen-bond acceptors (Lipinski definition) is 7. The molecule has 2 fully saturated rings. The molecule has 2 aromatic rings. The van der Waals surface area contributed by atoms with E-state index in [0.717, 1.165) is 25.8 Å². The number of likely N-dealkylation sites (N-methyl/N-ethyl adjacent to an activating group) is 1. The first-order valence-electron chi connectivity index (χ1n) is 9.47. The number of nitrogens with zero attached hydrogens (tertiary/aromatic N) is 1. The maximum absolute atomic E-state index is 13.2. The van der Waals surface area contributed by atoms with Crippen LogP contribution in [0, 0.1) is 11.8 Å². The highest BCUT2D eigenvalue weighted by molar-refractivity contribution is 7.12. The third-order valence-corrected chi connectivity index (χ3v) is 8.10. The lowest BCUT2D eigenvalue weighted by Gasteiger charge is -2.31. The zero-order valence-corrected chi connectivity index (χ0v) is 17.0. The van der Waals surface area contributed by atoms with Crippen molar-refractivity contribution in [3.8, 4) is 0 Å². The van der Waals surface area contributed by atoms with E-state index in [1.54, 1.807) is 12.1 Å². The Balaban J connectivity index is 1.56. The average molecular weight is 407 g/mol. The Bertz CT molecular complexity index is 728. The average Bonchev–Trinajstić information content (AvgIpc) is 3.45. The predicted octanol–water partition coefficient (Wildman–Crippen LogP) is 2.65. The zero-order valence-electron chi connectivity index (χ0n) is 15.4. The van der Waals surface area contributed by atoms with Crippen LogP contribution in [-0.4, -0.2) is 48.3 Å². The molecule has 0 unspecified atom stereocenters. The maximum atomic E-state index is 13.2. The Kier molecular flexibility index (Phi) is 5.40. The SMILES string of the molecule is CN(CCN)[C@H]1C[C@H]2CC[C@@H]1[C@@H]2OC(=O)C(O)(c1cccs1)c1cccs1. The van der Waals surface area contributed by atoms with Crippen LogP contribution in [0.4, 0.5) is 0 Å². The van der Waals surface area contributed by atoms with Gasteiger partial charge in [-0.1, -0.05) is 12.1 Å². The van der Waals surface area contributed by atoms with Gasteiger partial charge in [0.15, 0.2) is 0 Å². The zero-order chi connectivity index (χ0) is 19.0. The van der Waals surface area contributed by atoms with Crippen molar-refractivity contribution >= 4 is 28.6 Å². The quantitative estimate of drug-likeness (QED) is 0.692. The number of carbonyl (C=O) groups is 1. The van der Waals surface area contributed by atoms with Crippen molar-refractivity contribution in [2.75, 3.05) is 20.1 Å². The molecule has 146 valence electrons. The van der Waals surface area contributed by atoms with Gasteiger partial charge in [-0.05, 0) is 55.1 Å². The smallest absolute Gasteiger partial charge is 0.349 e. The standard InChI is InChI=1S/C20H26N2O3S2/c1-22(9-8-21)15-12-13-6-7-14(15)18(13)25-19(23)20(24,16-4-2-10-26-16)17-5-3-11-27-17/h2-5,10-11,13-15,18,24H,6-9,12,21H2,1H3/t13-,14+,15+,18-/m1/s1. The van der Waals surface area contributed by atoms with Gasteiger partial charge in [-0.25, -0.2) is 4.79 Å². The molecule has 2 saturated carbocycles. The molecule has 4 atom stereocenters. The van der Waals surface area contributed by atoms with E-state index in [1.165, 1.54) is 22.7 Å². The number of nitrogens with two attached hydrogens (primary N) is 1. The van der Waals surface area contributed by atoms with Gasteiger partial charge in [-0.2, -0.15) is 0 Å². The van der Waals surface area contributed by atoms with E-state index in [-0.39, 0.29) is 6.10 Å². The summed E-state index contributed by atoms with van der Waals surface area (Å²) in [6.07, 6.45) is 3.08. The van der Waals surface area contributed by atoms with Gasteiger partial charge in [-0.3, -0.25) is 0 Å². The molecule has 2 aliphatic rings. The van der Waals surface area contributed by atoms with Gasteiger partial charge in [0.25, 0.3) is 0 Å². The summed E-state index contributed by atoms with van der Waals surface area (Å²) in [5, 5.41) is 15.2. The number of aliphatic hydroxyl groups is 1. The Labute approximate surface area is 167 Å². The van der Waals surface area contributed by atoms with Crippen LogP contribution in [0.2, 0.25) is 0 Å². The van der Waals surface area contributed by atoms with E-state index in [4.69, 9.17) is 10.5 Å². The van der Waals surface area contributed by atoms with Gasteiger partial charge in [0.05, 0.1) is 9.75 Å². The Morgan fingerprint density at radius 3 is 2.52 bits per heavy atom. The molecule has 0 aromatic carbocycles. The molecule has 0 saturated heterocycles. The highest BCUT2D eigenvalue weighted by Crippen LogP contribution is 2.49. The Hall–Kier alpha value is -1.25. The summed E-state index contributed by atoms with van der Waals surface area (Å²) in [6.45, 7) is 1.48. The number of ether oxygens (including phenoxy) is 1. The number of thiophene rings is 2. The van der Waals surface area contributed by atoms with Crippen molar-refractivity contribution in [1.29, 1.82) is 0 Å². The molecule has 0 radical (unpaired) electrons. The maximum Gasteiger partial charge on any atom is 0.349 e. The first-order chi connectivity index (χ1) is 13.1. The molecule has 2 bridgehead atoms. The lowest BCUT2D eigenvalue weighted by molar-refractivity contribution is -0.170. The molecule has 27 heavy (non-hydrogen) atoms. The van der Waals surface area contributed by atoms with E-state index >= 15 is 0 Å². The first kappa shape index (κ1) is 19.1. The molecular weight excluding hydrogens is 380 g/mol. The molecule has 4 rings (SSSR count). The second-order valence-corrected chi connectivity index (χ2v) is 9.50. The summed E-state index contributed by atoms with van der Waals surface area (Å²) < 4.78 is 6.04. The van der Waals surface area contributed by atoms with Crippen molar-refractivity contribution in [3.05, 3.63) is 44.8 Å². The van der Waals surface area contributed by atoms with Crippen LogP contribution in [0.3, 0.4) is 0 Å². The molecule has 0 aliphatic heterocycles. The van der Waals surface area contributed by atoms with Crippen LogP contribution in [0.25, 0.3) is 0 Å². The van der Waals surface area contributed by atoms with Gasteiger partial charge in [-0.15, -0.1) is 22.7 Å². The fourth-order valence-electron chi connectivity index (χ4n) is 4.79. The van der Waals surface area contributed by atoms with E-state index in [9.17, 15) is 9.90 Å². The van der Waals surface area contributed by atoms with Crippen LogP contribution in [0.5, 0.6) is 0 Å². The summed E-state index contributed by atoms with van der Waals surface area (Å²) in [4.78, 5) is 16.8. The molecule has 0 amide bonds. The second-order valence-electron chi connectivity index (χ2n) is 7.61. The fourth-order valence-corrected chi connectivity index (χ4v) is 6.51. The van der Waals surface area contributed by atoms with E-state index in [1.807, 2.05) is 22.9 Å². The number of fused-ring (bicyclic) bond motifs is 2. The Morgan fingerprint density at radius 2 is 1.96 bits per heavy atom. The summed E-state index contributed by atoms with van der Waals surface area (Å²) in [5.41, 5.74) is 4.00. The predicted molar refractivity (Wildman–Crippen MR) is 108 cm³/mol. The van der Waals surface area contributed by atoms with Crippen LogP contribution in [-0.2, 0) is 15.1 Å². The van der Waals surface area contributed by atoms with E-state index in [0.29, 0.717) is 34.2 Å². The van der Waals surface area contributed by atoms with Crippen LogP contribution in [0.1, 0.15) is 29.0 Å². The molecule has 0 spiro atoms. The Morgan fingerprint density at radius 1 is 1.30 bits per heavy atom. The molecule has 3 N–H and O–H groups in total. The van der Waals surface area contributed by atoms with Crippen LogP contribution < -0.4 is 5.73 Å². The van der Waals surface area contributed by atoms with Crippen molar-refractivity contribution in [2.45, 2.75) is 37.0 Å². The summed E-state index contributed by atoms with van der Waals surface area (Å²) in [6, 6.07) is 7.70. The lowest BCUT2D eigenvalue weighted by atomic mass is 9.94. The lowest BCUT2D eigenvalue weighted by Crippen LogP contribution is -2.42. The minimum Gasteiger partial charge on any atom is -0.459 e. The normalized spacial score (nSPS) is 27.4. The van der Waals surface area contributed by atoms with Crippen molar-refractivity contribution in [3.63, 3.8) is 0 Å². The third kappa shape index (κ3) is 3.25. The van der Waals surface area contributed by atoms with Crippen LogP contribution >= 0.6 is 22.7 Å². The number of carbonyl (C=O) groups excluding carboxylic acids is 1. The highest BCUT2D eigenvalue weighted by Gasteiger charge is 2.54. The molecule has 5 nitrogen and oxygen atoms in total. The summed E-state index contributed by atoms with van der Waals surface area (Å²) in [5.74, 6) is 0.156. The molecular formula is C20H26N2O3S2. The highest BCUT2D eigenvalue weighted by atomic mass is 32.1. The van der Waals surface area contributed by atoms with Crippen molar-refractivity contribution in [2.24, 2.45) is 17.6 Å². The van der Waals surface area contributed by atoms with Gasteiger partial charge in [0.1, 0.15) is 6.10 Å². The largest absolute Gasteiger partial charge is 0.459 e. The fraction of sp³-hybridized carbons (Fsp3) is 0.550. The number of hydrogen-bond donors (Lipinski definition) is 2. The van der Waals surface area contributed by atoms with Gasteiger partial charge in [0, 0.05) is 25.0 Å². The minimum absolute atomic E-state index is 0.117. The minimum atomic E-state index is -1.72. The number of rotatable bonds is 7. The molecule has 2 aromatic heterocycles. The van der Waals surface area contributed by atoms with Gasteiger partial charge >= 0.3 is 5.97 Å². The van der Waals surface area contributed by atoms with E-state index in [2.05, 4.69) is 11.9 Å².